The van der Waals surface area contributed by atoms with Crippen LogP contribution in [-0.2, 0) is 0 Å². The second-order valence-corrected chi connectivity index (χ2v) is 5.44. The van der Waals surface area contributed by atoms with Crippen molar-refractivity contribution in [3.05, 3.63) is 53.1 Å². The highest BCUT2D eigenvalue weighted by Crippen LogP contribution is 2.28. The van der Waals surface area contributed by atoms with Crippen LogP contribution < -0.4 is 5.32 Å². The van der Waals surface area contributed by atoms with Gasteiger partial charge in [-0.05, 0) is 44.0 Å². The Morgan fingerprint density at radius 2 is 1.71 bits per heavy atom. The van der Waals surface area contributed by atoms with Crippen LogP contribution in [0, 0.1) is 20.8 Å². The van der Waals surface area contributed by atoms with E-state index in [9.17, 15) is 0 Å². The number of anilines is 1. The fourth-order valence-corrected chi connectivity index (χ4v) is 2.58. The molecule has 3 aromatic rings. The van der Waals surface area contributed by atoms with Crippen molar-refractivity contribution in [3.63, 3.8) is 0 Å². The molecule has 106 valence electrons. The maximum absolute atomic E-state index is 4.80. The molecule has 0 saturated carbocycles. The summed E-state index contributed by atoms with van der Waals surface area (Å²) in [6, 6.07) is 12.6. The molecule has 0 amide bonds. The van der Waals surface area contributed by atoms with E-state index in [1.807, 2.05) is 13.1 Å². The van der Waals surface area contributed by atoms with E-state index < -0.39 is 0 Å². The number of fused-ring (bicyclic) bond motifs is 1. The normalized spacial score (nSPS) is 10.9. The van der Waals surface area contributed by atoms with E-state index in [0.717, 1.165) is 33.7 Å². The lowest BCUT2D eigenvalue weighted by atomic mass is 10.0. The van der Waals surface area contributed by atoms with Gasteiger partial charge >= 0.3 is 0 Å². The standard InChI is InChI=1S/C18H19N3/c1-11-8-9-12(2)15(10-11)18-20-16-13(3)6-5-7-14(16)17(19-4)21-18/h5-10H,1-4H3,(H,19,20,21). The Bertz CT molecular complexity index is 822. The van der Waals surface area contributed by atoms with Crippen molar-refractivity contribution < 1.29 is 0 Å². The van der Waals surface area contributed by atoms with Crippen LogP contribution in [0.1, 0.15) is 16.7 Å². The Morgan fingerprint density at radius 3 is 2.48 bits per heavy atom. The Balaban J connectivity index is 2.33. The van der Waals surface area contributed by atoms with Crippen molar-refractivity contribution in [2.75, 3.05) is 12.4 Å². The summed E-state index contributed by atoms with van der Waals surface area (Å²) in [4.78, 5) is 9.51. The third-order valence-electron chi connectivity index (χ3n) is 3.80. The van der Waals surface area contributed by atoms with Crippen LogP contribution in [0.2, 0.25) is 0 Å². The van der Waals surface area contributed by atoms with Crippen LogP contribution in [-0.4, -0.2) is 17.0 Å². The summed E-state index contributed by atoms with van der Waals surface area (Å²) in [6.07, 6.45) is 0. The minimum Gasteiger partial charge on any atom is -0.373 e. The van der Waals surface area contributed by atoms with Gasteiger partial charge < -0.3 is 5.32 Å². The maximum atomic E-state index is 4.80. The summed E-state index contributed by atoms with van der Waals surface area (Å²) in [7, 11) is 1.90. The number of aryl methyl sites for hydroxylation is 3. The summed E-state index contributed by atoms with van der Waals surface area (Å²) in [6.45, 7) is 6.27. The lowest BCUT2D eigenvalue weighted by Crippen LogP contribution is -2.00. The molecule has 3 heteroatoms. The van der Waals surface area contributed by atoms with E-state index in [0.29, 0.717) is 0 Å². The van der Waals surface area contributed by atoms with Crippen molar-refractivity contribution in [1.29, 1.82) is 0 Å². The highest BCUT2D eigenvalue weighted by molar-refractivity contribution is 5.92. The summed E-state index contributed by atoms with van der Waals surface area (Å²) in [5.74, 6) is 1.65. The van der Waals surface area contributed by atoms with E-state index >= 15 is 0 Å². The molecular weight excluding hydrogens is 258 g/mol. The van der Waals surface area contributed by atoms with Crippen molar-refractivity contribution in [2.45, 2.75) is 20.8 Å². The average Bonchev–Trinajstić information content (AvgIpc) is 2.49. The largest absolute Gasteiger partial charge is 0.373 e. The van der Waals surface area contributed by atoms with Crippen LogP contribution >= 0.6 is 0 Å². The SMILES string of the molecule is CNc1nc(-c2cc(C)ccc2C)nc2c(C)cccc12. The van der Waals surface area contributed by atoms with E-state index in [1.165, 1.54) is 11.1 Å². The van der Waals surface area contributed by atoms with Gasteiger partial charge in [0.2, 0.25) is 0 Å². The molecule has 0 atom stereocenters. The van der Waals surface area contributed by atoms with Gasteiger partial charge in [0.25, 0.3) is 0 Å². The summed E-state index contributed by atoms with van der Waals surface area (Å²) >= 11 is 0. The Morgan fingerprint density at radius 1 is 0.905 bits per heavy atom. The zero-order chi connectivity index (χ0) is 15.0. The van der Waals surface area contributed by atoms with Crippen LogP contribution in [0.4, 0.5) is 5.82 Å². The number of hydrogen-bond donors (Lipinski definition) is 1. The van der Waals surface area contributed by atoms with Crippen molar-refractivity contribution >= 4 is 16.7 Å². The number of nitrogens with zero attached hydrogens (tertiary/aromatic N) is 2. The van der Waals surface area contributed by atoms with Gasteiger partial charge in [0.15, 0.2) is 5.82 Å². The zero-order valence-corrected chi connectivity index (χ0v) is 12.9. The minimum atomic E-state index is 0.780. The highest BCUT2D eigenvalue weighted by Gasteiger charge is 2.11. The molecule has 0 saturated heterocycles. The first kappa shape index (κ1) is 13.6. The first-order valence-corrected chi connectivity index (χ1v) is 7.13. The first-order valence-electron chi connectivity index (χ1n) is 7.13. The molecule has 0 bridgehead atoms. The fourth-order valence-electron chi connectivity index (χ4n) is 2.58. The van der Waals surface area contributed by atoms with Gasteiger partial charge in [-0.15, -0.1) is 0 Å². The molecule has 0 aliphatic rings. The molecule has 0 unspecified atom stereocenters. The van der Waals surface area contributed by atoms with Gasteiger partial charge in [-0.3, -0.25) is 0 Å². The molecule has 1 N–H and O–H groups in total. The number of hydrogen-bond acceptors (Lipinski definition) is 3. The Labute approximate surface area is 125 Å². The lowest BCUT2D eigenvalue weighted by Gasteiger charge is -2.11. The van der Waals surface area contributed by atoms with Crippen molar-refractivity contribution in [1.82, 2.24) is 9.97 Å². The highest BCUT2D eigenvalue weighted by atomic mass is 15.0. The molecule has 0 aliphatic carbocycles. The van der Waals surface area contributed by atoms with Crippen molar-refractivity contribution in [2.24, 2.45) is 0 Å². The topological polar surface area (TPSA) is 37.8 Å². The molecule has 0 fully saturated rings. The Kier molecular flexibility index (Phi) is 3.34. The van der Waals surface area contributed by atoms with Gasteiger partial charge in [-0.1, -0.05) is 29.8 Å². The first-order chi connectivity index (χ1) is 10.1. The monoisotopic (exact) mass is 277 g/mol. The number of benzene rings is 2. The van der Waals surface area contributed by atoms with Gasteiger partial charge in [0.1, 0.15) is 5.82 Å². The van der Waals surface area contributed by atoms with E-state index in [4.69, 9.17) is 9.97 Å². The molecule has 2 aromatic carbocycles. The third-order valence-corrected chi connectivity index (χ3v) is 3.80. The zero-order valence-electron chi connectivity index (χ0n) is 12.9. The molecule has 21 heavy (non-hydrogen) atoms. The van der Waals surface area contributed by atoms with Crippen LogP contribution in [0.25, 0.3) is 22.3 Å². The fraction of sp³-hybridized carbons (Fsp3) is 0.222. The smallest absolute Gasteiger partial charge is 0.162 e. The molecular formula is C18H19N3. The molecule has 3 rings (SSSR count). The second-order valence-electron chi connectivity index (χ2n) is 5.44. The van der Waals surface area contributed by atoms with Gasteiger partial charge in [-0.25, -0.2) is 9.97 Å². The average molecular weight is 277 g/mol. The molecule has 0 radical (unpaired) electrons. The quantitative estimate of drug-likeness (QED) is 0.760. The van der Waals surface area contributed by atoms with E-state index in [-0.39, 0.29) is 0 Å². The number of aromatic nitrogens is 2. The molecule has 1 aromatic heterocycles. The minimum absolute atomic E-state index is 0.780. The molecule has 0 aliphatic heterocycles. The molecule has 3 nitrogen and oxygen atoms in total. The molecule has 1 heterocycles. The number of nitrogens with one attached hydrogen (secondary N) is 1. The van der Waals surface area contributed by atoms with E-state index in [2.05, 4.69) is 56.4 Å². The number of para-hydroxylation sites is 1. The van der Waals surface area contributed by atoms with E-state index in [1.54, 1.807) is 0 Å². The van der Waals surface area contributed by atoms with Crippen molar-refractivity contribution in [3.8, 4) is 11.4 Å². The predicted molar refractivity (Wildman–Crippen MR) is 88.7 cm³/mol. The number of rotatable bonds is 2. The van der Waals surface area contributed by atoms with Gasteiger partial charge in [0.05, 0.1) is 5.52 Å². The maximum Gasteiger partial charge on any atom is 0.162 e. The summed E-state index contributed by atoms with van der Waals surface area (Å²) in [5.41, 5.74) is 5.67. The van der Waals surface area contributed by atoms with Gasteiger partial charge in [-0.2, -0.15) is 0 Å². The van der Waals surface area contributed by atoms with Crippen LogP contribution in [0.3, 0.4) is 0 Å². The van der Waals surface area contributed by atoms with Gasteiger partial charge in [0, 0.05) is 18.0 Å². The third kappa shape index (κ3) is 2.35. The summed E-state index contributed by atoms with van der Waals surface area (Å²) in [5, 5.41) is 4.25. The summed E-state index contributed by atoms with van der Waals surface area (Å²) < 4.78 is 0. The Hall–Kier alpha value is -2.42. The molecule has 0 spiro atoms. The second kappa shape index (κ2) is 5.17. The lowest BCUT2D eigenvalue weighted by molar-refractivity contribution is 1.19. The predicted octanol–water partition coefficient (Wildman–Crippen LogP) is 4.26. The van der Waals surface area contributed by atoms with Crippen LogP contribution in [0.15, 0.2) is 36.4 Å². The van der Waals surface area contributed by atoms with Crippen LogP contribution in [0.5, 0.6) is 0 Å².